The van der Waals surface area contributed by atoms with E-state index >= 15 is 0 Å². The van der Waals surface area contributed by atoms with Crippen LogP contribution in [-0.2, 0) is 0 Å². The van der Waals surface area contributed by atoms with E-state index in [1.165, 1.54) is 16.7 Å². The summed E-state index contributed by atoms with van der Waals surface area (Å²) in [6.45, 7) is 14.1. The van der Waals surface area contributed by atoms with Crippen molar-refractivity contribution in [2.24, 2.45) is 5.73 Å². The summed E-state index contributed by atoms with van der Waals surface area (Å²) < 4.78 is 0. The maximum atomic E-state index is 5.78. The molecule has 102 valence electrons. The van der Waals surface area contributed by atoms with Gasteiger partial charge in [0.1, 0.15) is 0 Å². The van der Waals surface area contributed by atoms with E-state index in [1.807, 2.05) is 18.2 Å². The fraction of sp³-hybridized carbons (Fsp3) is 0.158. The summed E-state index contributed by atoms with van der Waals surface area (Å²) in [6, 6.07) is 8.38. The number of nitrogens with two attached hydrogens (primary N) is 1. The Morgan fingerprint density at radius 3 is 2.55 bits per heavy atom. The summed E-state index contributed by atoms with van der Waals surface area (Å²) in [7, 11) is 0. The molecule has 0 fully saturated rings. The second kappa shape index (κ2) is 5.79. The van der Waals surface area contributed by atoms with E-state index in [0.29, 0.717) is 0 Å². The molecule has 20 heavy (non-hydrogen) atoms. The van der Waals surface area contributed by atoms with Gasteiger partial charge in [-0.25, -0.2) is 0 Å². The first kappa shape index (κ1) is 14.1. The molecule has 0 aliphatic heterocycles. The molecule has 1 atom stereocenters. The van der Waals surface area contributed by atoms with Crippen LogP contribution in [0.3, 0.4) is 0 Å². The van der Waals surface area contributed by atoms with Gasteiger partial charge in [-0.1, -0.05) is 56.2 Å². The zero-order chi connectivity index (χ0) is 14.7. The molecule has 0 heterocycles. The predicted molar refractivity (Wildman–Crippen MR) is 88.2 cm³/mol. The maximum Gasteiger partial charge on any atom is 0.0139 e. The SMILES string of the molecule is C=C/C(C)=C(\C=C)C1C/C(=C/N)C(=C)c2ccccc21. The van der Waals surface area contributed by atoms with Gasteiger partial charge in [0.05, 0.1) is 0 Å². The molecule has 2 N–H and O–H groups in total. The van der Waals surface area contributed by atoms with Gasteiger partial charge in [-0.2, -0.15) is 0 Å². The summed E-state index contributed by atoms with van der Waals surface area (Å²) in [5.41, 5.74) is 12.7. The van der Waals surface area contributed by atoms with Gasteiger partial charge in [0, 0.05) is 5.92 Å². The lowest BCUT2D eigenvalue weighted by Gasteiger charge is -2.30. The second-order valence-corrected chi connectivity index (χ2v) is 5.06. The van der Waals surface area contributed by atoms with E-state index in [0.717, 1.165) is 23.1 Å². The Labute approximate surface area is 121 Å². The Bertz CT molecular complexity index is 629. The molecule has 0 bridgehead atoms. The van der Waals surface area contributed by atoms with Crippen molar-refractivity contribution in [3.63, 3.8) is 0 Å². The molecular formula is C19H21N. The van der Waals surface area contributed by atoms with E-state index in [4.69, 9.17) is 5.73 Å². The Morgan fingerprint density at radius 1 is 1.25 bits per heavy atom. The van der Waals surface area contributed by atoms with Crippen LogP contribution in [0, 0.1) is 0 Å². The number of benzene rings is 1. The van der Waals surface area contributed by atoms with E-state index in [1.54, 1.807) is 6.20 Å². The quantitative estimate of drug-likeness (QED) is 0.785. The highest BCUT2D eigenvalue weighted by atomic mass is 14.5. The van der Waals surface area contributed by atoms with Gasteiger partial charge in [0.25, 0.3) is 0 Å². The molecule has 0 spiro atoms. The van der Waals surface area contributed by atoms with E-state index < -0.39 is 0 Å². The summed E-state index contributed by atoms with van der Waals surface area (Å²) in [6.07, 6.45) is 6.35. The number of hydrogen-bond donors (Lipinski definition) is 1. The molecule has 2 rings (SSSR count). The van der Waals surface area contributed by atoms with Gasteiger partial charge in [0.15, 0.2) is 0 Å². The highest BCUT2D eigenvalue weighted by Crippen LogP contribution is 2.44. The number of allylic oxidation sites excluding steroid dienone is 6. The average molecular weight is 263 g/mol. The van der Waals surface area contributed by atoms with Gasteiger partial charge in [0.2, 0.25) is 0 Å². The summed E-state index contributed by atoms with van der Waals surface area (Å²) in [5, 5.41) is 0. The molecule has 1 aromatic carbocycles. The van der Waals surface area contributed by atoms with E-state index in [9.17, 15) is 0 Å². The lowest BCUT2D eigenvalue weighted by molar-refractivity contribution is 0.783. The van der Waals surface area contributed by atoms with Crippen LogP contribution in [0.1, 0.15) is 30.4 Å². The topological polar surface area (TPSA) is 26.0 Å². The van der Waals surface area contributed by atoms with Crippen molar-refractivity contribution in [3.05, 3.63) is 90.2 Å². The molecule has 0 radical (unpaired) electrons. The van der Waals surface area contributed by atoms with Crippen molar-refractivity contribution >= 4 is 5.57 Å². The highest BCUT2D eigenvalue weighted by molar-refractivity contribution is 5.82. The van der Waals surface area contributed by atoms with Crippen LogP contribution in [0.5, 0.6) is 0 Å². The fourth-order valence-corrected chi connectivity index (χ4v) is 2.84. The molecular weight excluding hydrogens is 242 g/mol. The Kier molecular flexibility index (Phi) is 4.09. The molecule has 0 amide bonds. The standard InChI is InChI=1S/C19H21N/c1-5-13(3)16(6-2)19-11-15(12-20)14(4)17-9-7-8-10-18(17)19/h5-10,12,19H,1-2,4,11,20H2,3H3/b15-12-,16-13+. The largest absolute Gasteiger partial charge is 0.404 e. The van der Waals surface area contributed by atoms with Gasteiger partial charge in [-0.05, 0) is 53.0 Å². The van der Waals surface area contributed by atoms with Gasteiger partial charge < -0.3 is 5.73 Å². The van der Waals surface area contributed by atoms with Crippen molar-refractivity contribution < 1.29 is 0 Å². The van der Waals surface area contributed by atoms with E-state index in [-0.39, 0.29) is 5.92 Å². The molecule has 1 unspecified atom stereocenters. The van der Waals surface area contributed by atoms with Gasteiger partial charge >= 0.3 is 0 Å². The van der Waals surface area contributed by atoms with Crippen LogP contribution in [0.2, 0.25) is 0 Å². The van der Waals surface area contributed by atoms with Crippen LogP contribution in [0.15, 0.2) is 79.1 Å². The summed E-state index contributed by atoms with van der Waals surface area (Å²) in [5.74, 6) is 0.266. The van der Waals surface area contributed by atoms with Crippen LogP contribution >= 0.6 is 0 Å². The molecule has 1 aliphatic rings. The minimum Gasteiger partial charge on any atom is -0.404 e. The molecule has 1 aromatic rings. The van der Waals surface area contributed by atoms with Crippen molar-refractivity contribution in [2.75, 3.05) is 0 Å². The zero-order valence-corrected chi connectivity index (χ0v) is 12.0. The van der Waals surface area contributed by atoms with Gasteiger partial charge in [-0.3, -0.25) is 0 Å². The average Bonchev–Trinajstić information content (AvgIpc) is 2.50. The third-order valence-corrected chi connectivity index (χ3v) is 4.03. The molecule has 0 aromatic heterocycles. The van der Waals surface area contributed by atoms with E-state index in [2.05, 4.69) is 44.9 Å². The van der Waals surface area contributed by atoms with Crippen LogP contribution in [0.25, 0.3) is 5.57 Å². The molecule has 1 nitrogen and oxygen atoms in total. The Morgan fingerprint density at radius 2 is 1.95 bits per heavy atom. The summed E-state index contributed by atoms with van der Waals surface area (Å²) >= 11 is 0. The molecule has 0 saturated carbocycles. The third kappa shape index (κ3) is 2.27. The first-order chi connectivity index (χ1) is 9.63. The second-order valence-electron chi connectivity index (χ2n) is 5.06. The van der Waals surface area contributed by atoms with Crippen LogP contribution < -0.4 is 5.73 Å². The minimum atomic E-state index is 0.266. The zero-order valence-electron chi connectivity index (χ0n) is 12.0. The lowest BCUT2D eigenvalue weighted by Crippen LogP contribution is -2.14. The molecule has 1 aliphatic carbocycles. The smallest absolute Gasteiger partial charge is 0.0139 e. The number of rotatable bonds is 3. The normalized spacial score (nSPS) is 21.1. The van der Waals surface area contributed by atoms with Crippen molar-refractivity contribution in [2.45, 2.75) is 19.3 Å². The number of hydrogen-bond acceptors (Lipinski definition) is 1. The Hall–Kier alpha value is -2.28. The summed E-state index contributed by atoms with van der Waals surface area (Å²) in [4.78, 5) is 0. The monoisotopic (exact) mass is 263 g/mol. The molecule has 0 saturated heterocycles. The number of fused-ring (bicyclic) bond motifs is 1. The van der Waals surface area contributed by atoms with Crippen molar-refractivity contribution in [3.8, 4) is 0 Å². The first-order valence-electron chi connectivity index (χ1n) is 6.79. The lowest BCUT2D eigenvalue weighted by atomic mass is 9.73. The van der Waals surface area contributed by atoms with Crippen LogP contribution in [0.4, 0.5) is 0 Å². The van der Waals surface area contributed by atoms with Crippen molar-refractivity contribution in [1.29, 1.82) is 0 Å². The first-order valence-corrected chi connectivity index (χ1v) is 6.79. The highest BCUT2D eigenvalue weighted by Gasteiger charge is 2.27. The van der Waals surface area contributed by atoms with Crippen molar-refractivity contribution in [1.82, 2.24) is 0 Å². The predicted octanol–water partition coefficient (Wildman–Crippen LogP) is 4.72. The fourth-order valence-electron chi connectivity index (χ4n) is 2.84. The van der Waals surface area contributed by atoms with Crippen LogP contribution in [-0.4, -0.2) is 0 Å². The maximum absolute atomic E-state index is 5.78. The Balaban J connectivity index is 2.66. The van der Waals surface area contributed by atoms with Gasteiger partial charge in [-0.15, -0.1) is 0 Å². The third-order valence-electron chi connectivity index (χ3n) is 4.03. The minimum absolute atomic E-state index is 0.266. The molecule has 1 heteroatoms.